The summed E-state index contributed by atoms with van der Waals surface area (Å²) >= 11 is 0. The van der Waals surface area contributed by atoms with Crippen LogP contribution in [0, 0.1) is 29.1 Å². The molecule has 0 heterocycles. The van der Waals surface area contributed by atoms with E-state index in [1.807, 2.05) is 12.1 Å². The molecule has 0 bridgehead atoms. The fraction of sp³-hybridized carbons (Fsp3) is 0.545. The Balaban J connectivity index is 1.66. The van der Waals surface area contributed by atoms with Crippen LogP contribution in [0.5, 0.6) is 5.75 Å². The van der Waals surface area contributed by atoms with Gasteiger partial charge in [-0.25, -0.2) is 0 Å². The van der Waals surface area contributed by atoms with Gasteiger partial charge in [0.05, 0.1) is 0 Å². The van der Waals surface area contributed by atoms with Crippen molar-refractivity contribution < 1.29 is 5.11 Å². The Morgan fingerprint density at radius 2 is 2.17 bits per heavy atom. The molecule has 0 radical (unpaired) electrons. The first-order valence-corrected chi connectivity index (χ1v) is 9.15. The lowest BCUT2D eigenvalue weighted by atomic mass is 9.54. The summed E-state index contributed by atoms with van der Waals surface area (Å²) in [5.41, 5.74) is 4.61. The van der Waals surface area contributed by atoms with E-state index in [0.717, 1.165) is 24.7 Å². The van der Waals surface area contributed by atoms with E-state index in [-0.39, 0.29) is 0 Å². The number of hydrogen-bond acceptors (Lipinski definition) is 1. The first-order valence-electron chi connectivity index (χ1n) is 9.15. The van der Waals surface area contributed by atoms with Gasteiger partial charge in [-0.15, -0.1) is 0 Å². The van der Waals surface area contributed by atoms with Crippen LogP contribution < -0.4 is 0 Å². The topological polar surface area (TPSA) is 20.2 Å². The van der Waals surface area contributed by atoms with Crippen molar-refractivity contribution in [3.05, 3.63) is 41.0 Å². The van der Waals surface area contributed by atoms with Crippen LogP contribution in [0.2, 0.25) is 0 Å². The molecular weight excluding hydrogens is 280 g/mol. The number of aryl methyl sites for hydroxylation is 1. The van der Waals surface area contributed by atoms with E-state index < -0.39 is 0 Å². The first kappa shape index (κ1) is 14.9. The number of benzene rings is 1. The van der Waals surface area contributed by atoms with Crippen molar-refractivity contribution in [1.82, 2.24) is 0 Å². The van der Waals surface area contributed by atoms with Gasteiger partial charge in [-0.1, -0.05) is 37.8 Å². The summed E-state index contributed by atoms with van der Waals surface area (Å²) in [6.45, 7) is 4.59. The molecule has 1 saturated carbocycles. The van der Waals surface area contributed by atoms with Crippen LogP contribution in [0.25, 0.3) is 0 Å². The van der Waals surface area contributed by atoms with E-state index in [0.29, 0.717) is 17.1 Å². The van der Waals surface area contributed by atoms with Crippen molar-refractivity contribution in [1.29, 1.82) is 0 Å². The van der Waals surface area contributed by atoms with Gasteiger partial charge < -0.3 is 5.11 Å². The predicted octanol–water partition coefficient (Wildman–Crippen LogP) is 5.20. The fourth-order valence-electron chi connectivity index (χ4n) is 5.51. The lowest BCUT2D eigenvalue weighted by Gasteiger charge is -2.49. The number of phenolic OH excluding ortho intramolecular Hbond substituents is 1. The Bertz CT molecular complexity index is 717. The van der Waals surface area contributed by atoms with Crippen molar-refractivity contribution in [2.45, 2.75) is 58.3 Å². The SMILES string of the molecule is CCC#CC1=CCC2C3CCc4cc(O)ccc4C3CCC12C. The highest BCUT2D eigenvalue weighted by Crippen LogP contribution is 2.60. The molecule has 1 nitrogen and oxygen atoms in total. The maximum absolute atomic E-state index is 9.77. The number of fused-ring (bicyclic) bond motifs is 5. The highest BCUT2D eigenvalue weighted by Gasteiger charge is 2.51. The van der Waals surface area contributed by atoms with Gasteiger partial charge in [-0.3, -0.25) is 0 Å². The number of hydrogen-bond donors (Lipinski definition) is 1. The van der Waals surface area contributed by atoms with Crippen LogP contribution in [-0.2, 0) is 6.42 Å². The minimum Gasteiger partial charge on any atom is -0.508 e. The second-order valence-corrected chi connectivity index (χ2v) is 7.76. The Labute approximate surface area is 139 Å². The summed E-state index contributed by atoms with van der Waals surface area (Å²) in [5, 5.41) is 9.77. The molecule has 1 N–H and O–H groups in total. The Kier molecular flexibility index (Phi) is 3.52. The van der Waals surface area contributed by atoms with Crippen LogP contribution in [0.3, 0.4) is 0 Å². The maximum Gasteiger partial charge on any atom is 0.115 e. The van der Waals surface area contributed by atoms with Gasteiger partial charge in [0.1, 0.15) is 5.75 Å². The Morgan fingerprint density at radius 1 is 1.30 bits per heavy atom. The van der Waals surface area contributed by atoms with E-state index >= 15 is 0 Å². The molecule has 3 aliphatic carbocycles. The van der Waals surface area contributed by atoms with Gasteiger partial charge in [-0.2, -0.15) is 0 Å². The molecule has 4 rings (SSSR count). The van der Waals surface area contributed by atoms with E-state index in [4.69, 9.17) is 0 Å². The Morgan fingerprint density at radius 3 is 3.00 bits per heavy atom. The van der Waals surface area contributed by atoms with E-state index in [1.54, 1.807) is 0 Å². The van der Waals surface area contributed by atoms with Gasteiger partial charge in [-0.05, 0) is 73.1 Å². The molecule has 1 fully saturated rings. The molecule has 120 valence electrons. The molecule has 0 saturated heterocycles. The third-order valence-corrected chi connectivity index (χ3v) is 6.69. The van der Waals surface area contributed by atoms with Crippen LogP contribution in [0.4, 0.5) is 0 Å². The standard InChI is InChI=1S/C22H26O/c1-3-4-5-16-7-11-21-20-9-6-15-14-17(23)8-10-18(15)19(20)12-13-22(16,21)2/h7-8,10,14,19-21,23H,3,6,9,11-13H2,1-2H3. The number of allylic oxidation sites excluding steroid dienone is 2. The molecular formula is C22H26O. The molecule has 0 aliphatic heterocycles. The molecule has 0 aromatic heterocycles. The molecule has 0 spiro atoms. The summed E-state index contributed by atoms with van der Waals surface area (Å²) in [6.07, 6.45) is 9.49. The maximum atomic E-state index is 9.77. The highest BCUT2D eigenvalue weighted by molar-refractivity contribution is 5.44. The average molecular weight is 306 g/mol. The van der Waals surface area contributed by atoms with Gasteiger partial charge >= 0.3 is 0 Å². The molecule has 1 aromatic rings. The third kappa shape index (κ3) is 2.23. The zero-order valence-electron chi connectivity index (χ0n) is 14.2. The van der Waals surface area contributed by atoms with E-state index in [9.17, 15) is 5.11 Å². The largest absolute Gasteiger partial charge is 0.508 e. The molecule has 1 aromatic carbocycles. The van der Waals surface area contributed by atoms with Crippen molar-refractivity contribution in [2.75, 3.05) is 0 Å². The second kappa shape index (κ2) is 5.45. The van der Waals surface area contributed by atoms with Gasteiger partial charge in [0.15, 0.2) is 0 Å². The fourth-order valence-corrected chi connectivity index (χ4v) is 5.51. The monoisotopic (exact) mass is 306 g/mol. The third-order valence-electron chi connectivity index (χ3n) is 6.69. The number of aromatic hydroxyl groups is 1. The molecule has 3 aliphatic rings. The summed E-state index contributed by atoms with van der Waals surface area (Å²) in [7, 11) is 0. The molecule has 4 unspecified atom stereocenters. The first-order chi connectivity index (χ1) is 11.1. The van der Waals surface area contributed by atoms with Crippen molar-refractivity contribution in [3.8, 4) is 17.6 Å². The highest BCUT2D eigenvalue weighted by atomic mass is 16.3. The van der Waals surface area contributed by atoms with E-state index in [2.05, 4.69) is 37.8 Å². The zero-order valence-corrected chi connectivity index (χ0v) is 14.2. The molecule has 0 amide bonds. The molecule has 23 heavy (non-hydrogen) atoms. The van der Waals surface area contributed by atoms with Crippen LogP contribution in [-0.4, -0.2) is 5.11 Å². The summed E-state index contributed by atoms with van der Waals surface area (Å²) in [4.78, 5) is 0. The number of phenols is 1. The minimum atomic E-state index is 0.303. The van der Waals surface area contributed by atoms with Crippen molar-refractivity contribution in [3.63, 3.8) is 0 Å². The summed E-state index contributed by atoms with van der Waals surface area (Å²) in [5.74, 6) is 9.41. The van der Waals surface area contributed by atoms with Crippen molar-refractivity contribution in [2.24, 2.45) is 17.3 Å². The minimum absolute atomic E-state index is 0.303. The second-order valence-electron chi connectivity index (χ2n) is 7.76. The quantitative estimate of drug-likeness (QED) is 0.653. The van der Waals surface area contributed by atoms with E-state index in [1.165, 1.54) is 42.4 Å². The lowest BCUT2D eigenvalue weighted by molar-refractivity contribution is 0.0781. The molecule has 1 heteroatoms. The summed E-state index contributed by atoms with van der Waals surface area (Å²) in [6, 6.07) is 6.05. The lowest BCUT2D eigenvalue weighted by Crippen LogP contribution is -2.41. The smallest absolute Gasteiger partial charge is 0.115 e. The average Bonchev–Trinajstić information content (AvgIpc) is 2.89. The Hall–Kier alpha value is -1.68. The van der Waals surface area contributed by atoms with Gasteiger partial charge in [0.2, 0.25) is 0 Å². The molecule has 4 atom stereocenters. The summed E-state index contributed by atoms with van der Waals surface area (Å²) < 4.78 is 0. The van der Waals surface area contributed by atoms with Crippen molar-refractivity contribution >= 4 is 0 Å². The van der Waals surface area contributed by atoms with Crippen LogP contribution >= 0.6 is 0 Å². The van der Waals surface area contributed by atoms with Crippen LogP contribution in [0.1, 0.15) is 63.0 Å². The van der Waals surface area contributed by atoms with Gasteiger partial charge in [0, 0.05) is 17.4 Å². The normalized spacial score (nSPS) is 34.5. The van der Waals surface area contributed by atoms with Gasteiger partial charge in [0.25, 0.3) is 0 Å². The van der Waals surface area contributed by atoms with Crippen LogP contribution in [0.15, 0.2) is 29.8 Å². The number of rotatable bonds is 0. The zero-order chi connectivity index (χ0) is 16.0. The predicted molar refractivity (Wildman–Crippen MR) is 94.3 cm³/mol.